The Hall–Kier alpha value is -4.86. The molecule has 3 aromatic rings. The normalized spacial score (nSPS) is 10.5. The highest BCUT2D eigenvalue weighted by molar-refractivity contribution is 6.39. The van der Waals surface area contributed by atoms with Gasteiger partial charge in [-0.25, -0.2) is 5.43 Å². The summed E-state index contributed by atoms with van der Waals surface area (Å²) in [7, 11) is 1.50. The largest absolute Gasteiger partial charge is 0.497 e. The van der Waals surface area contributed by atoms with Crippen molar-refractivity contribution in [3.05, 3.63) is 77.9 Å². The number of hydrogen-bond donors (Lipinski definition) is 3. The fourth-order valence-corrected chi connectivity index (χ4v) is 3.14. The second-order valence-corrected chi connectivity index (χ2v) is 7.68. The van der Waals surface area contributed by atoms with Gasteiger partial charge in [0.05, 0.1) is 19.9 Å². The van der Waals surface area contributed by atoms with Gasteiger partial charge in [0, 0.05) is 17.4 Å². The molecule has 0 aliphatic carbocycles. The lowest BCUT2D eigenvalue weighted by molar-refractivity contribution is -0.136. The summed E-state index contributed by atoms with van der Waals surface area (Å²) in [4.78, 5) is 36.5. The highest BCUT2D eigenvalue weighted by Gasteiger charge is 2.14. The average molecular weight is 505 g/mol. The van der Waals surface area contributed by atoms with Crippen molar-refractivity contribution in [3.8, 4) is 17.2 Å². The molecule has 0 aliphatic rings. The summed E-state index contributed by atoms with van der Waals surface area (Å²) in [6, 6.07) is 19.0. The number of ether oxygens (including phenoxy) is 3. The lowest BCUT2D eigenvalue weighted by Crippen LogP contribution is -2.32. The molecule has 37 heavy (non-hydrogen) atoms. The quantitative estimate of drug-likeness (QED) is 0.220. The van der Waals surface area contributed by atoms with E-state index in [0.29, 0.717) is 40.8 Å². The van der Waals surface area contributed by atoms with Crippen LogP contribution in [0.25, 0.3) is 0 Å². The molecule has 192 valence electrons. The number of nitrogens with zero attached hydrogens (tertiary/aromatic N) is 1. The molecule has 0 aromatic heterocycles. The molecule has 3 amide bonds. The number of hydrogen-bond acceptors (Lipinski definition) is 7. The molecule has 0 aliphatic heterocycles. The molecule has 0 heterocycles. The van der Waals surface area contributed by atoms with Gasteiger partial charge in [-0.2, -0.15) is 5.10 Å². The van der Waals surface area contributed by atoms with Crippen LogP contribution in [0.15, 0.2) is 71.8 Å². The zero-order chi connectivity index (χ0) is 26.6. The summed E-state index contributed by atoms with van der Waals surface area (Å²) in [5, 5.41) is 9.10. The van der Waals surface area contributed by atoms with Crippen molar-refractivity contribution in [2.75, 3.05) is 31.0 Å². The molecule has 0 spiro atoms. The Morgan fingerprint density at radius 1 is 0.892 bits per heavy atom. The number of carbonyl (C=O) groups is 3. The number of benzene rings is 3. The summed E-state index contributed by atoms with van der Waals surface area (Å²) in [5.74, 6) is -0.812. The molecule has 0 saturated carbocycles. The smallest absolute Gasteiger partial charge is 0.329 e. The molecule has 0 atom stereocenters. The van der Waals surface area contributed by atoms with Gasteiger partial charge in [0.1, 0.15) is 5.75 Å². The maximum atomic E-state index is 12.3. The third-order valence-corrected chi connectivity index (χ3v) is 4.96. The van der Waals surface area contributed by atoms with E-state index in [2.05, 4.69) is 21.2 Å². The summed E-state index contributed by atoms with van der Waals surface area (Å²) in [6.45, 7) is 3.88. The Bertz CT molecular complexity index is 1290. The third-order valence-electron chi connectivity index (χ3n) is 4.96. The molecule has 10 heteroatoms. The highest BCUT2D eigenvalue weighted by Crippen LogP contribution is 2.28. The Balaban J connectivity index is 1.56. The Morgan fingerprint density at radius 3 is 2.46 bits per heavy atom. The maximum absolute atomic E-state index is 12.3. The SMILES string of the molecule is CCOc1cc(/C=N\NC(=O)C(=O)Nc2cccc(OC)c2)ccc1OCC(=O)Nc1ccccc1C. The van der Waals surface area contributed by atoms with Gasteiger partial charge in [0.2, 0.25) is 0 Å². The van der Waals surface area contributed by atoms with Crippen LogP contribution in [0.3, 0.4) is 0 Å². The summed E-state index contributed by atoms with van der Waals surface area (Å²) < 4.78 is 16.4. The van der Waals surface area contributed by atoms with Crippen molar-refractivity contribution in [2.24, 2.45) is 5.10 Å². The predicted octanol–water partition coefficient (Wildman–Crippen LogP) is 3.51. The Morgan fingerprint density at radius 2 is 1.70 bits per heavy atom. The number of hydrazone groups is 1. The fraction of sp³-hybridized carbons (Fsp3) is 0.185. The number of para-hydroxylation sites is 1. The van der Waals surface area contributed by atoms with Crippen LogP contribution in [0, 0.1) is 6.92 Å². The molecule has 0 saturated heterocycles. The highest BCUT2D eigenvalue weighted by atomic mass is 16.5. The monoisotopic (exact) mass is 504 g/mol. The standard InChI is InChI=1S/C27H28N4O6/c1-4-36-24-14-19(12-13-23(24)37-17-25(32)30-22-11-6-5-8-18(22)2)16-28-31-27(34)26(33)29-20-9-7-10-21(15-20)35-3/h5-16H,4,17H2,1-3H3,(H,29,33)(H,30,32)(H,31,34)/b28-16-. The van der Waals surface area contributed by atoms with Gasteiger partial charge in [0.15, 0.2) is 18.1 Å². The molecule has 0 unspecified atom stereocenters. The van der Waals surface area contributed by atoms with Crippen molar-refractivity contribution >= 4 is 35.3 Å². The van der Waals surface area contributed by atoms with Crippen LogP contribution in [0.5, 0.6) is 17.2 Å². The number of rotatable bonds is 10. The molecular formula is C27H28N4O6. The van der Waals surface area contributed by atoms with E-state index < -0.39 is 11.8 Å². The molecule has 3 rings (SSSR count). The third kappa shape index (κ3) is 8.10. The van der Waals surface area contributed by atoms with Crippen LogP contribution >= 0.6 is 0 Å². The minimum Gasteiger partial charge on any atom is -0.497 e. The summed E-state index contributed by atoms with van der Waals surface area (Å²) in [6.07, 6.45) is 1.36. The van der Waals surface area contributed by atoms with Gasteiger partial charge in [0.25, 0.3) is 5.91 Å². The average Bonchev–Trinajstić information content (AvgIpc) is 2.89. The van der Waals surface area contributed by atoms with E-state index in [1.165, 1.54) is 13.3 Å². The summed E-state index contributed by atoms with van der Waals surface area (Å²) in [5.41, 5.74) is 4.82. The van der Waals surface area contributed by atoms with E-state index >= 15 is 0 Å². The fourth-order valence-electron chi connectivity index (χ4n) is 3.14. The zero-order valence-electron chi connectivity index (χ0n) is 20.7. The molecule has 0 fully saturated rings. The van der Waals surface area contributed by atoms with Gasteiger partial charge >= 0.3 is 11.8 Å². The van der Waals surface area contributed by atoms with Crippen molar-refractivity contribution in [2.45, 2.75) is 13.8 Å². The Kier molecular flexibility index (Phi) is 9.60. The topological polar surface area (TPSA) is 127 Å². The van der Waals surface area contributed by atoms with Crippen LogP contribution in [0.2, 0.25) is 0 Å². The van der Waals surface area contributed by atoms with Crippen LogP contribution < -0.4 is 30.3 Å². The van der Waals surface area contributed by atoms with Crippen molar-refractivity contribution in [1.29, 1.82) is 0 Å². The van der Waals surface area contributed by atoms with Gasteiger partial charge in [-0.3, -0.25) is 14.4 Å². The van der Waals surface area contributed by atoms with E-state index in [1.807, 2.05) is 38.1 Å². The first-order valence-electron chi connectivity index (χ1n) is 11.4. The molecule has 3 aromatic carbocycles. The molecule has 0 radical (unpaired) electrons. The maximum Gasteiger partial charge on any atom is 0.329 e. The molecule has 10 nitrogen and oxygen atoms in total. The van der Waals surface area contributed by atoms with Crippen LogP contribution in [0.4, 0.5) is 11.4 Å². The van der Waals surface area contributed by atoms with E-state index in [9.17, 15) is 14.4 Å². The van der Waals surface area contributed by atoms with E-state index in [0.717, 1.165) is 5.56 Å². The number of carbonyl (C=O) groups excluding carboxylic acids is 3. The van der Waals surface area contributed by atoms with E-state index in [4.69, 9.17) is 14.2 Å². The first-order valence-corrected chi connectivity index (χ1v) is 11.4. The van der Waals surface area contributed by atoms with Crippen LogP contribution in [0.1, 0.15) is 18.1 Å². The minimum absolute atomic E-state index is 0.208. The predicted molar refractivity (Wildman–Crippen MR) is 140 cm³/mol. The number of amides is 3. The van der Waals surface area contributed by atoms with Crippen molar-refractivity contribution in [3.63, 3.8) is 0 Å². The first kappa shape index (κ1) is 26.7. The summed E-state index contributed by atoms with van der Waals surface area (Å²) >= 11 is 0. The Labute approximate surface area is 214 Å². The number of anilines is 2. The minimum atomic E-state index is -0.941. The van der Waals surface area contributed by atoms with Gasteiger partial charge in [-0.1, -0.05) is 24.3 Å². The number of methoxy groups -OCH3 is 1. The van der Waals surface area contributed by atoms with Crippen molar-refractivity contribution < 1.29 is 28.6 Å². The molecule has 0 bridgehead atoms. The van der Waals surface area contributed by atoms with Gasteiger partial charge < -0.3 is 24.8 Å². The number of nitrogens with one attached hydrogen (secondary N) is 3. The first-order chi connectivity index (χ1) is 17.9. The van der Waals surface area contributed by atoms with E-state index in [1.54, 1.807) is 42.5 Å². The lowest BCUT2D eigenvalue weighted by Gasteiger charge is -2.13. The zero-order valence-corrected chi connectivity index (χ0v) is 20.7. The van der Waals surface area contributed by atoms with Crippen LogP contribution in [-0.4, -0.2) is 44.3 Å². The lowest BCUT2D eigenvalue weighted by atomic mass is 10.2. The van der Waals surface area contributed by atoms with Crippen molar-refractivity contribution in [1.82, 2.24) is 5.43 Å². The second-order valence-electron chi connectivity index (χ2n) is 7.68. The number of aryl methyl sites for hydroxylation is 1. The van der Waals surface area contributed by atoms with Gasteiger partial charge in [-0.05, 0) is 61.4 Å². The van der Waals surface area contributed by atoms with Crippen LogP contribution in [-0.2, 0) is 14.4 Å². The second kappa shape index (κ2) is 13.3. The van der Waals surface area contributed by atoms with Gasteiger partial charge in [-0.15, -0.1) is 0 Å². The molecular weight excluding hydrogens is 476 g/mol. The van der Waals surface area contributed by atoms with E-state index in [-0.39, 0.29) is 12.5 Å². The molecule has 3 N–H and O–H groups in total.